The number of esters is 1. The number of carbonyl (C=O) groups is 1. The van der Waals surface area contributed by atoms with Crippen LogP contribution in [0.3, 0.4) is 0 Å². The molecule has 0 radical (unpaired) electrons. The van der Waals surface area contributed by atoms with Gasteiger partial charge in [0.1, 0.15) is 5.75 Å². The van der Waals surface area contributed by atoms with E-state index >= 15 is 0 Å². The van der Waals surface area contributed by atoms with E-state index in [1.165, 1.54) is 6.08 Å². The van der Waals surface area contributed by atoms with Gasteiger partial charge in [-0.1, -0.05) is 26.8 Å². The lowest BCUT2D eigenvalue weighted by Crippen LogP contribution is -2.07. The first-order valence-corrected chi connectivity index (χ1v) is 5.13. The van der Waals surface area contributed by atoms with Gasteiger partial charge in [0.15, 0.2) is 0 Å². The highest BCUT2D eigenvalue weighted by Crippen LogP contribution is 2.16. The third kappa shape index (κ3) is 4.64. The largest absolute Gasteiger partial charge is 0.423 e. The number of nitrogen functional groups attached to an aromatic ring is 1. The summed E-state index contributed by atoms with van der Waals surface area (Å²) in [5.41, 5.74) is 6.13. The van der Waals surface area contributed by atoms with E-state index < -0.39 is 0 Å². The van der Waals surface area contributed by atoms with E-state index in [0.29, 0.717) is 11.4 Å². The minimum atomic E-state index is -0.375. The molecule has 0 saturated carbocycles. The highest BCUT2D eigenvalue weighted by Gasteiger charge is 2.06. The number of anilines is 1. The van der Waals surface area contributed by atoms with Crippen molar-refractivity contribution in [3.8, 4) is 5.75 Å². The van der Waals surface area contributed by atoms with Crippen LogP contribution in [-0.2, 0) is 4.79 Å². The summed E-state index contributed by atoms with van der Waals surface area (Å²) in [6.07, 6.45) is 3.25. The van der Waals surface area contributed by atoms with Crippen molar-refractivity contribution in [3.63, 3.8) is 0 Å². The third-order valence-electron chi connectivity index (χ3n) is 1.82. The maximum atomic E-state index is 11.4. The molecule has 3 heteroatoms. The molecule has 3 nitrogen and oxygen atoms in total. The minimum Gasteiger partial charge on any atom is -0.423 e. The third-order valence-corrected chi connectivity index (χ3v) is 1.82. The van der Waals surface area contributed by atoms with Gasteiger partial charge in [0, 0.05) is 11.8 Å². The van der Waals surface area contributed by atoms with Gasteiger partial charge in [-0.15, -0.1) is 0 Å². The average Bonchev–Trinajstić information content (AvgIpc) is 2.18. The van der Waals surface area contributed by atoms with Gasteiger partial charge >= 0.3 is 5.97 Å². The molecular weight excluding hydrogens is 202 g/mol. The number of hydrogen-bond donors (Lipinski definition) is 1. The number of nitrogens with two attached hydrogens (primary N) is 1. The maximum Gasteiger partial charge on any atom is 0.335 e. The Labute approximate surface area is 95.9 Å². The van der Waals surface area contributed by atoms with Crippen molar-refractivity contribution in [1.82, 2.24) is 0 Å². The highest BCUT2D eigenvalue weighted by molar-refractivity contribution is 5.84. The molecule has 1 aromatic carbocycles. The van der Waals surface area contributed by atoms with Crippen LogP contribution in [0.1, 0.15) is 20.8 Å². The van der Waals surface area contributed by atoms with E-state index in [9.17, 15) is 4.79 Å². The van der Waals surface area contributed by atoms with Crippen molar-refractivity contribution in [2.24, 2.45) is 5.41 Å². The summed E-state index contributed by atoms with van der Waals surface area (Å²) in [5, 5.41) is 0. The number of hydrogen-bond acceptors (Lipinski definition) is 3. The Balaban J connectivity index is 2.59. The van der Waals surface area contributed by atoms with Crippen LogP contribution in [0.5, 0.6) is 5.75 Å². The van der Waals surface area contributed by atoms with Crippen LogP contribution in [0, 0.1) is 5.41 Å². The summed E-state index contributed by atoms with van der Waals surface area (Å²) in [6.45, 7) is 6.04. The summed E-state index contributed by atoms with van der Waals surface area (Å²) in [5.74, 6) is 0.123. The first-order valence-electron chi connectivity index (χ1n) is 5.13. The average molecular weight is 219 g/mol. The van der Waals surface area contributed by atoms with E-state index in [4.69, 9.17) is 10.5 Å². The zero-order valence-electron chi connectivity index (χ0n) is 9.86. The Bertz CT molecular complexity index is 385. The lowest BCUT2D eigenvalue weighted by Gasteiger charge is -2.10. The standard InChI is InChI=1S/C13H17NO2/c1-13(2,3)9-8-12(15)16-11-6-4-10(14)5-7-11/h4-9H,14H2,1-3H3. The van der Waals surface area contributed by atoms with Crippen molar-refractivity contribution >= 4 is 11.7 Å². The number of benzene rings is 1. The highest BCUT2D eigenvalue weighted by atomic mass is 16.5. The van der Waals surface area contributed by atoms with E-state index in [1.807, 2.05) is 26.8 Å². The second-order valence-corrected chi connectivity index (χ2v) is 4.69. The van der Waals surface area contributed by atoms with Crippen LogP contribution in [0.15, 0.2) is 36.4 Å². The molecule has 0 aliphatic carbocycles. The number of ether oxygens (including phenoxy) is 1. The lowest BCUT2D eigenvalue weighted by atomic mass is 9.96. The molecule has 0 aliphatic rings. The van der Waals surface area contributed by atoms with Crippen molar-refractivity contribution < 1.29 is 9.53 Å². The van der Waals surface area contributed by atoms with Crippen molar-refractivity contribution in [3.05, 3.63) is 36.4 Å². The molecule has 0 amide bonds. The molecule has 16 heavy (non-hydrogen) atoms. The van der Waals surface area contributed by atoms with E-state index in [2.05, 4.69) is 0 Å². The van der Waals surface area contributed by atoms with Crippen LogP contribution < -0.4 is 10.5 Å². The van der Waals surface area contributed by atoms with Gasteiger partial charge in [-0.25, -0.2) is 4.79 Å². The molecule has 0 bridgehead atoms. The Morgan fingerprint density at radius 1 is 1.25 bits per heavy atom. The molecule has 0 unspecified atom stereocenters. The first-order chi connectivity index (χ1) is 7.37. The second-order valence-electron chi connectivity index (χ2n) is 4.69. The molecule has 0 aliphatic heterocycles. The molecule has 1 aromatic rings. The van der Waals surface area contributed by atoms with Gasteiger partial charge in [-0.2, -0.15) is 0 Å². The van der Waals surface area contributed by atoms with E-state index in [-0.39, 0.29) is 11.4 Å². The lowest BCUT2D eigenvalue weighted by molar-refractivity contribution is -0.129. The smallest absolute Gasteiger partial charge is 0.335 e. The monoisotopic (exact) mass is 219 g/mol. The molecule has 0 atom stereocenters. The van der Waals surface area contributed by atoms with Crippen LogP contribution in [0.4, 0.5) is 5.69 Å². The van der Waals surface area contributed by atoms with Crippen LogP contribution >= 0.6 is 0 Å². The van der Waals surface area contributed by atoms with Crippen LogP contribution in [0.2, 0.25) is 0 Å². The zero-order valence-corrected chi connectivity index (χ0v) is 9.86. The Kier molecular flexibility index (Phi) is 3.72. The van der Waals surface area contributed by atoms with Gasteiger partial charge in [-0.05, 0) is 29.7 Å². The number of rotatable bonds is 2. The molecular formula is C13H17NO2. The summed E-state index contributed by atoms with van der Waals surface area (Å²) >= 11 is 0. The SMILES string of the molecule is CC(C)(C)C=CC(=O)Oc1ccc(N)cc1. The van der Waals surface area contributed by atoms with Gasteiger partial charge in [0.05, 0.1) is 0 Å². The summed E-state index contributed by atoms with van der Waals surface area (Å²) in [6, 6.07) is 6.71. The molecule has 0 spiro atoms. The summed E-state index contributed by atoms with van der Waals surface area (Å²) < 4.78 is 5.08. The summed E-state index contributed by atoms with van der Waals surface area (Å²) in [4.78, 5) is 11.4. The molecule has 86 valence electrons. The maximum absolute atomic E-state index is 11.4. The van der Waals surface area contributed by atoms with Crippen LogP contribution in [0.25, 0.3) is 0 Å². The predicted octanol–water partition coefficient (Wildman–Crippen LogP) is 2.78. The fourth-order valence-electron chi connectivity index (χ4n) is 1.00. The Hall–Kier alpha value is -1.77. The molecule has 2 N–H and O–H groups in total. The zero-order chi connectivity index (χ0) is 12.2. The number of allylic oxidation sites excluding steroid dienone is 1. The Morgan fingerprint density at radius 2 is 1.81 bits per heavy atom. The first kappa shape index (κ1) is 12.3. The Morgan fingerprint density at radius 3 is 2.31 bits per heavy atom. The van der Waals surface area contributed by atoms with Gasteiger partial charge in [0.25, 0.3) is 0 Å². The predicted molar refractivity (Wildman–Crippen MR) is 65.1 cm³/mol. The molecule has 0 aromatic heterocycles. The number of carbonyl (C=O) groups excluding carboxylic acids is 1. The van der Waals surface area contributed by atoms with Gasteiger partial charge in [-0.3, -0.25) is 0 Å². The van der Waals surface area contributed by atoms with Crippen molar-refractivity contribution in [1.29, 1.82) is 0 Å². The van der Waals surface area contributed by atoms with Crippen molar-refractivity contribution in [2.75, 3.05) is 5.73 Å². The summed E-state index contributed by atoms with van der Waals surface area (Å²) in [7, 11) is 0. The van der Waals surface area contributed by atoms with Crippen molar-refractivity contribution in [2.45, 2.75) is 20.8 Å². The molecule has 0 saturated heterocycles. The molecule has 0 heterocycles. The topological polar surface area (TPSA) is 52.3 Å². The normalized spacial score (nSPS) is 11.7. The minimum absolute atomic E-state index is 0.0276. The second kappa shape index (κ2) is 4.84. The fourth-order valence-corrected chi connectivity index (χ4v) is 1.00. The van der Waals surface area contributed by atoms with Gasteiger partial charge < -0.3 is 10.5 Å². The van der Waals surface area contributed by atoms with Gasteiger partial charge in [0.2, 0.25) is 0 Å². The van der Waals surface area contributed by atoms with E-state index in [1.54, 1.807) is 24.3 Å². The van der Waals surface area contributed by atoms with E-state index in [0.717, 1.165) is 0 Å². The van der Waals surface area contributed by atoms with Crippen LogP contribution in [-0.4, -0.2) is 5.97 Å². The molecule has 1 rings (SSSR count). The fraction of sp³-hybridized carbons (Fsp3) is 0.308. The quantitative estimate of drug-likeness (QED) is 0.360. The molecule has 0 fully saturated rings.